The zero-order chi connectivity index (χ0) is 9.23. The minimum absolute atomic E-state index is 1.03. The summed E-state index contributed by atoms with van der Waals surface area (Å²) in [6.07, 6.45) is 10.7. The van der Waals surface area contributed by atoms with Crippen molar-refractivity contribution in [1.29, 1.82) is 0 Å². The van der Waals surface area contributed by atoms with Gasteiger partial charge in [0.15, 0.2) is 0 Å². The molecule has 0 nitrogen and oxygen atoms in total. The van der Waals surface area contributed by atoms with E-state index in [1.165, 1.54) is 25.7 Å². The number of rotatable bonds is 7. The van der Waals surface area contributed by atoms with E-state index in [2.05, 4.69) is 26.8 Å². The Balaban J connectivity index is 3.52. The van der Waals surface area contributed by atoms with Gasteiger partial charge in [0.2, 0.25) is 0 Å². The minimum atomic E-state index is 1.03. The summed E-state index contributed by atoms with van der Waals surface area (Å²) < 4.78 is 0. The molecule has 0 aliphatic rings. The summed E-state index contributed by atoms with van der Waals surface area (Å²) in [6.45, 7) is 9.91. The zero-order valence-electron chi connectivity index (χ0n) is 8.44. The van der Waals surface area contributed by atoms with E-state index in [1.54, 1.807) is 5.57 Å². The van der Waals surface area contributed by atoms with E-state index in [0.717, 1.165) is 19.3 Å². The molecular formula is C12H22. The Morgan fingerprint density at radius 2 is 1.92 bits per heavy atom. The van der Waals surface area contributed by atoms with E-state index < -0.39 is 0 Å². The van der Waals surface area contributed by atoms with Crippen LogP contribution >= 0.6 is 0 Å². The standard InChI is InChI=1S/C12H22/c1-4-7-9-11-12(6-3)10-8-5-2/h10H,1-2,4-9,11H2,3H3. The van der Waals surface area contributed by atoms with Crippen LogP contribution in [0.5, 0.6) is 0 Å². The number of allylic oxidation sites excluding steroid dienone is 2. The molecule has 0 N–H and O–H groups in total. The Morgan fingerprint density at radius 1 is 1.17 bits per heavy atom. The van der Waals surface area contributed by atoms with Gasteiger partial charge in [0.05, 0.1) is 0 Å². The normalized spacial score (nSPS) is 12.1. The summed E-state index contributed by atoms with van der Waals surface area (Å²) in [4.78, 5) is 0. The quantitative estimate of drug-likeness (QED) is 0.390. The van der Waals surface area contributed by atoms with Crippen molar-refractivity contribution in [2.24, 2.45) is 0 Å². The summed E-state index contributed by atoms with van der Waals surface area (Å²) in [5.74, 6) is 0. The fourth-order valence-electron chi connectivity index (χ4n) is 1.26. The van der Waals surface area contributed by atoms with Gasteiger partial charge >= 0.3 is 0 Å². The highest BCUT2D eigenvalue weighted by atomic mass is 14.0. The van der Waals surface area contributed by atoms with E-state index in [-0.39, 0.29) is 0 Å². The highest BCUT2D eigenvalue weighted by Gasteiger charge is 1.93. The molecule has 0 fully saturated rings. The van der Waals surface area contributed by atoms with E-state index >= 15 is 0 Å². The molecule has 0 aliphatic carbocycles. The Hall–Kier alpha value is -0.260. The molecule has 0 atom stereocenters. The number of hydrogen-bond donors (Lipinski definition) is 0. The minimum Gasteiger partial charge on any atom is -0.0853 e. The first-order valence-electron chi connectivity index (χ1n) is 5.11. The molecule has 0 bridgehead atoms. The van der Waals surface area contributed by atoms with Crippen LogP contribution in [-0.4, -0.2) is 0 Å². The number of hydrogen-bond acceptors (Lipinski definition) is 0. The third kappa shape index (κ3) is 6.45. The molecule has 2 radical (unpaired) electrons. The summed E-state index contributed by atoms with van der Waals surface area (Å²) in [5.41, 5.74) is 1.60. The fraction of sp³-hybridized carbons (Fsp3) is 0.667. The molecule has 0 aliphatic heterocycles. The maximum absolute atomic E-state index is 3.84. The van der Waals surface area contributed by atoms with Crippen molar-refractivity contribution in [1.82, 2.24) is 0 Å². The second kappa shape index (κ2) is 8.83. The van der Waals surface area contributed by atoms with E-state index in [0.29, 0.717) is 0 Å². The van der Waals surface area contributed by atoms with Gasteiger partial charge in [0.1, 0.15) is 0 Å². The van der Waals surface area contributed by atoms with E-state index in [9.17, 15) is 0 Å². The summed E-state index contributed by atoms with van der Waals surface area (Å²) in [5, 5.41) is 0. The van der Waals surface area contributed by atoms with Crippen molar-refractivity contribution >= 4 is 0 Å². The molecule has 0 aromatic carbocycles. The summed E-state index contributed by atoms with van der Waals surface area (Å²) >= 11 is 0. The smallest absolute Gasteiger partial charge is 0.0320 e. The molecule has 0 saturated carbocycles. The third-order valence-electron chi connectivity index (χ3n) is 2.09. The van der Waals surface area contributed by atoms with Gasteiger partial charge in [-0.05, 0) is 32.1 Å². The first kappa shape index (κ1) is 11.7. The summed E-state index contributed by atoms with van der Waals surface area (Å²) in [7, 11) is 0. The first-order valence-corrected chi connectivity index (χ1v) is 5.11. The van der Waals surface area contributed by atoms with Crippen LogP contribution in [0, 0.1) is 13.8 Å². The molecule has 0 heterocycles. The first-order chi connectivity index (χ1) is 5.85. The highest BCUT2D eigenvalue weighted by Crippen LogP contribution is 2.13. The van der Waals surface area contributed by atoms with Gasteiger partial charge in [-0.15, -0.1) is 0 Å². The van der Waals surface area contributed by atoms with Crippen LogP contribution in [0.15, 0.2) is 11.6 Å². The summed E-state index contributed by atoms with van der Waals surface area (Å²) in [6, 6.07) is 0. The van der Waals surface area contributed by atoms with Crippen molar-refractivity contribution in [3.63, 3.8) is 0 Å². The second-order valence-electron chi connectivity index (χ2n) is 3.17. The maximum atomic E-state index is 3.84. The van der Waals surface area contributed by atoms with Gasteiger partial charge in [0, 0.05) is 0 Å². The van der Waals surface area contributed by atoms with Gasteiger partial charge in [0.25, 0.3) is 0 Å². The van der Waals surface area contributed by atoms with Crippen LogP contribution in [0.25, 0.3) is 0 Å². The predicted octanol–water partition coefficient (Wildman–Crippen LogP) is 4.33. The third-order valence-corrected chi connectivity index (χ3v) is 2.09. The molecule has 0 aromatic heterocycles. The lowest BCUT2D eigenvalue weighted by atomic mass is 10.0. The molecule has 0 saturated heterocycles. The largest absolute Gasteiger partial charge is 0.0853 e. The van der Waals surface area contributed by atoms with Gasteiger partial charge < -0.3 is 0 Å². The highest BCUT2D eigenvalue weighted by molar-refractivity contribution is 5.00. The van der Waals surface area contributed by atoms with Crippen molar-refractivity contribution in [3.05, 3.63) is 25.5 Å². The molecule has 0 amide bonds. The Kier molecular flexibility index (Phi) is 8.64. The van der Waals surface area contributed by atoms with Crippen LogP contribution in [0.2, 0.25) is 0 Å². The van der Waals surface area contributed by atoms with Crippen LogP contribution in [0.1, 0.15) is 51.9 Å². The van der Waals surface area contributed by atoms with Gasteiger partial charge in [-0.1, -0.05) is 45.3 Å². The average Bonchev–Trinajstić information content (AvgIpc) is 2.11. The van der Waals surface area contributed by atoms with Crippen molar-refractivity contribution in [2.75, 3.05) is 0 Å². The fourth-order valence-corrected chi connectivity index (χ4v) is 1.26. The van der Waals surface area contributed by atoms with Crippen molar-refractivity contribution in [3.8, 4) is 0 Å². The zero-order valence-corrected chi connectivity index (χ0v) is 8.44. The van der Waals surface area contributed by atoms with Crippen LogP contribution in [-0.2, 0) is 0 Å². The van der Waals surface area contributed by atoms with Crippen LogP contribution in [0.4, 0.5) is 0 Å². The van der Waals surface area contributed by atoms with Crippen LogP contribution < -0.4 is 0 Å². The van der Waals surface area contributed by atoms with Crippen LogP contribution in [0.3, 0.4) is 0 Å². The van der Waals surface area contributed by atoms with E-state index in [4.69, 9.17) is 0 Å². The SMILES string of the molecule is [CH2]CCC=C(CC)CCCC[CH2]. The lowest BCUT2D eigenvalue weighted by Crippen LogP contribution is -1.83. The maximum Gasteiger partial charge on any atom is -0.0320 e. The Morgan fingerprint density at radius 3 is 2.42 bits per heavy atom. The Bertz CT molecular complexity index is 111. The van der Waals surface area contributed by atoms with Crippen molar-refractivity contribution in [2.45, 2.75) is 51.9 Å². The lowest BCUT2D eigenvalue weighted by molar-refractivity contribution is 0.722. The molecule has 0 aromatic rings. The second-order valence-corrected chi connectivity index (χ2v) is 3.17. The molecule has 12 heavy (non-hydrogen) atoms. The van der Waals surface area contributed by atoms with Crippen molar-refractivity contribution < 1.29 is 0 Å². The van der Waals surface area contributed by atoms with E-state index in [1.807, 2.05) is 0 Å². The molecule has 0 spiro atoms. The molecule has 70 valence electrons. The lowest BCUT2D eigenvalue weighted by Gasteiger charge is -2.03. The molecule has 0 rings (SSSR count). The molecular weight excluding hydrogens is 144 g/mol. The Labute approximate surface area is 78.1 Å². The number of unbranched alkanes of at least 4 members (excludes halogenated alkanes) is 3. The monoisotopic (exact) mass is 166 g/mol. The predicted molar refractivity (Wildman–Crippen MR) is 56.8 cm³/mol. The average molecular weight is 166 g/mol. The molecule has 0 unspecified atom stereocenters. The topological polar surface area (TPSA) is 0 Å². The van der Waals surface area contributed by atoms with Gasteiger partial charge in [-0.3, -0.25) is 0 Å². The van der Waals surface area contributed by atoms with Gasteiger partial charge in [-0.25, -0.2) is 0 Å². The molecule has 0 heteroatoms. The van der Waals surface area contributed by atoms with Gasteiger partial charge in [-0.2, -0.15) is 0 Å².